The van der Waals surface area contributed by atoms with Gasteiger partial charge in [-0.25, -0.2) is 8.42 Å². The molecule has 9 nitrogen and oxygen atoms in total. The summed E-state index contributed by atoms with van der Waals surface area (Å²) >= 11 is 0. The Labute approximate surface area is 231 Å². The van der Waals surface area contributed by atoms with E-state index in [0.717, 1.165) is 19.3 Å². The van der Waals surface area contributed by atoms with E-state index in [0.29, 0.717) is 56.4 Å². The lowest BCUT2D eigenvalue weighted by molar-refractivity contribution is -0.128. The first-order valence-electron chi connectivity index (χ1n) is 14.2. The van der Waals surface area contributed by atoms with Gasteiger partial charge in [0.15, 0.2) is 0 Å². The first-order valence-corrected chi connectivity index (χ1v) is 15.9. The molecule has 1 heterocycles. The highest BCUT2D eigenvalue weighted by atomic mass is 32.2. The summed E-state index contributed by atoms with van der Waals surface area (Å²) < 4.78 is 33.8. The van der Waals surface area contributed by atoms with E-state index >= 15 is 0 Å². The van der Waals surface area contributed by atoms with E-state index in [1.165, 1.54) is 4.31 Å². The highest BCUT2D eigenvalue weighted by Gasteiger charge is 2.66. The molecule has 1 aromatic rings. The van der Waals surface area contributed by atoms with Gasteiger partial charge in [0.25, 0.3) is 5.91 Å². The van der Waals surface area contributed by atoms with Crippen LogP contribution in [0.5, 0.6) is 5.75 Å². The summed E-state index contributed by atoms with van der Waals surface area (Å²) in [6.45, 7) is 4.39. The average molecular weight is 560 g/mol. The normalized spacial score (nSPS) is 32.2. The number of nitrogens with one attached hydrogen (secondary N) is 2. The molecule has 4 aliphatic rings. The number of sulfonamides is 1. The number of hydrogen-bond donors (Lipinski definition) is 2. The molecule has 3 saturated carbocycles. The molecule has 2 bridgehead atoms. The molecule has 0 spiro atoms. The molecule has 10 heteroatoms. The van der Waals surface area contributed by atoms with E-state index in [1.54, 1.807) is 31.4 Å². The van der Waals surface area contributed by atoms with Crippen LogP contribution in [-0.2, 0) is 19.6 Å². The average Bonchev–Trinajstić information content (AvgIpc) is 3.55. The molecule has 1 aromatic carbocycles. The Bertz CT molecular complexity index is 1220. The van der Waals surface area contributed by atoms with Gasteiger partial charge in [-0.1, -0.05) is 13.8 Å². The van der Waals surface area contributed by atoms with Gasteiger partial charge in [0.2, 0.25) is 15.9 Å². The number of ether oxygens (including phenoxy) is 1. The summed E-state index contributed by atoms with van der Waals surface area (Å²) in [4.78, 5) is 38.8. The minimum absolute atomic E-state index is 0.0258. The molecule has 3 aliphatic carbocycles. The zero-order valence-electron chi connectivity index (χ0n) is 23.2. The third kappa shape index (κ3) is 5.10. The van der Waals surface area contributed by atoms with Crippen molar-refractivity contribution in [3.05, 3.63) is 29.8 Å². The van der Waals surface area contributed by atoms with E-state index in [-0.39, 0.29) is 46.8 Å². The summed E-state index contributed by atoms with van der Waals surface area (Å²) in [5.74, 6) is 0.441. The summed E-state index contributed by atoms with van der Waals surface area (Å²) in [5, 5.41) is 6.17. The van der Waals surface area contributed by atoms with Crippen molar-refractivity contribution in [1.29, 1.82) is 0 Å². The Hall–Kier alpha value is -2.46. The second-order valence-electron chi connectivity index (χ2n) is 12.5. The minimum atomic E-state index is -3.78. The fourth-order valence-corrected chi connectivity index (χ4v) is 9.99. The summed E-state index contributed by atoms with van der Waals surface area (Å²) in [6, 6.07) is 6.22. The van der Waals surface area contributed by atoms with Gasteiger partial charge in [-0.3, -0.25) is 14.4 Å². The Balaban J connectivity index is 1.15. The highest BCUT2D eigenvalue weighted by molar-refractivity contribution is 7.89. The number of fused-ring (bicyclic) bond motifs is 2. The van der Waals surface area contributed by atoms with Gasteiger partial charge >= 0.3 is 0 Å². The lowest BCUT2D eigenvalue weighted by Crippen LogP contribution is -2.53. The van der Waals surface area contributed by atoms with E-state index in [2.05, 4.69) is 10.6 Å². The predicted molar refractivity (Wildman–Crippen MR) is 147 cm³/mol. The molecule has 5 rings (SSSR count). The molecule has 1 unspecified atom stereocenters. The van der Waals surface area contributed by atoms with Crippen molar-refractivity contribution in [3.63, 3.8) is 0 Å². The molecule has 2 amide bonds. The van der Waals surface area contributed by atoms with Crippen LogP contribution in [0.1, 0.15) is 82.0 Å². The van der Waals surface area contributed by atoms with Crippen molar-refractivity contribution in [2.75, 3.05) is 19.4 Å². The van der Waals surface area contributed by atoms with Gasteiger partial charge in [-0.15, -0.1) is 0 Å². The van der Waals surface area contributed by atoms with Gasteiger partial charge in [-0.05, 0) is 87.0 Å². The maximum absolute atomic E-state index is 13.7. The third-order valence-corrected chi connectivity index (χ3v) is 12.2. The van der Waals surface area contributed by atoms with Crippen LogP contribution in [-0.4, -0.2) is 67.9 Å². The van der Waals surface area contributed by atoms with Crippen molar-refractivity contribution in [2.24, 2.45) is 16.7 Å². The second-order valence-corrected chi connectivity index (χ2v) is 14.4. The number of amides is 2. The van der Waals surface area contributed by atoms with Crippen molar-refractivity contribution < 1.29 is 27.5 Å². The molecular weight excluding hydrogens is 518 g/mol. The molecule has 1 saturated heterocycles. The fraction of sp³-hybridized carbons (Fsp3) is 0.690. The lowest BCUT2D eigenvalue weighted by Gasteiger charge is -2.38. The van der Waals surface area contributed by atoms with Crippen LogP contribution in [0.4, 0.5) is 0 Å². The van der Waals surface area contributed by atoms with Gasteiger partial charge in [0.1, 0.15) is 17.6 Å². The zero-order valence-corrected chi connectivity index (χ0v) is 24.0. The van der Waals surface area contributed by atoms with Crippen molar-refractivity contribution in [1.82, 2.24) is 14.9 Å². The number of methoxy groups -OCH3 is 1. The molecule has 214 valence electrons. The largest absolute Gasteiger partial charge is 0.497 e. The SMILES string of the molecule is COc1ccc(C(=O)NC2CCC(NC(=O)[C@@H]3CCCN3S(=O)(=O)C[C@]34CCC(CC3=O)C4(C)C)CC2)cc1. The van der Waals surface area contributed by atoms with Crippen LogP contribution < -0.4 is 15.4 Å². The van der Waals surface area contributed by atoms with E-state index in [4.69, 9.17) is 4.74 Å². The Morgan fingerprint density at radius 2 is 1.64 bits per heavy atom. The Morgan fingerprint density at radius 3 is 2.21 bits per heavy atom. The molecule has 0 radical (unpaired) electrons. The van der Waals surface area contributed by atoms with E-state index in [1.807, 2.05) is 13.8 Å². The van der Waals surface area contributed by atoms with Crippen LogP contribution in [0.15, 0.2) is 24.3 Å². The van der Waals surface area contributed by atoms with Crippen LogP contribution in [0.3, 0.4) is 0 Å². The third-order valence-electron chi connectivity index (χ3n) is 10.2. The van der Waals surface area contributed by atoms with Gasteiger partial charge < -0.3 is 15.4 Å². The van der Waals surface area contributed by atoms with Crippen molar-refractivity contribution in [3.8, 4) is 5.75 Å². The predicted octanol–water partition coefficient (Wildman–Crippen LogP) is 3.04. The minimum Gasteiger partial charge on any atom is -0.497 e. The number of carbonyl (C=O) groups excluding carboxylic acids is 3. The molecular formula is C29H41N3O6S. The number of nitrogens with zero attached hydrogens (tertiary/aromatic N) is 1. The number of carbonyl (C=O) groups is 3. The summed E-state index contributed by atoms with van der Waals surface area (Å²) in [5.41, 5.74) is -0.603. The first kappa shape index (κ1) is 28.1. The number of Topliss-reactive ketones (excluding diaryl/α,β-unsaturated/α-hetero) is 1. The number of ketones is 1. The second kappa shape index (κ2) is 10.5. The van der Waals surface area contributed by atoms with Gasteiger partial charge in [0.05, 0.1) is 12.9 Å². The van der Waals surface area contributed by atoms with Crippen LogP contribution >= 0.6 is 0 Å². The molecule has 1 aliphatic heterocycles. The van der Waals surface area contributed by atoms with E-state index < -0.39 is 21.5 Å². The first-order chi connectivity index (χ1) is 18.5. The topological polar surface area (TPSA) is 122 Å². The lowest BCUT2D eigenvalue weighted by atomic mass is 9.70. The van der Waals surface area contributed by atoms with Crippen molar-refractivity contribution in [2.45, 2.75) is 89.8 Å². The number of hydrogen-bond acceptors (Lipinski definition) is 6. The Kier molecular flexibility index (Phi) is 7.56. The molecule has 2 N–H and O–H groups in total. The van der Waals surface area contributed by atoms with Crippen LogP contribution in [0.2, 0.25) is 0 Å². The highest BCUT2D eigenvalue weighted by Crippen LogP contribution is 2.64. The summed E-state index contributed by atoms with van der Waals surface area (Å²) in [7, 11) is -2.20. The van der Waals surface area contributed by atoms with Gasteiger partial charge in [0, 0.05) is 36.0 Å². The molecule has 0 aromatic heterocycles. The quantitative estimate of drug-likeness (QED) is 0.505. The number of benzene rings is 1. The Morgan fingerprint density at radius 1 is 1.00 bits per heavy atom. The monoisotopic (exact) mass is 559 g/mol. The molecule has 3 atom stereocenters. The maximum Gasteiger partial charge on any atom is 0.251 e. The smallest absolute Gasteiger partial charge is 0.251 e. The standard InChI is InChI=1S/C29H41N3O6S/c1-28(2)20-14-15-29(28,25(33)17-20)18-39(36,37)32-16-4-5-24(32)27(35)31-22-10-8-21(9-11-22)30-26(34)19-6-12-23(38-3)13-7-19/h6-7,12-13,20-22,24H,4-5,8-11,14-18H2,1-3H3,(H,30,34)(H,31,35)/t20?,21?,22?,24-,29+/m0/s1. The maximum atomic E-state index is 13.7. The molecule has 4 fully saturated rings. The van der Waals surface area contributed by atoms with E-state index in [9.17, 15) is 22.8 Å². The summed E-state index contributed by atoms with van der Waals surface area (Å²) in [6.07, 6.45) is 6.00. The van der Waals surface area contributed by atoms with Gasteiger partial charge in [-0.2, -0.15) is 4.31 Å². The molecule has 39 heavy (non-hydrogen) atoms. The fourth-order valence-electron chi connectivity index (χ4n) is 7.53. The number of rotatable bonds is 8. The van der Waals surface area contributed by atoms with Crippen molar-refractivity contribution >= 4 is 27.6 Å². The van der Waals surface area contributed by atoms with Crippen LogP contribution in [0, 0.1) is 16.7 Å². The van der Waals surface area contributed by atoms with Crippen LogP contribution in [0.25, 0.3) is 0 Å². The zero-order chi connectivity index (χ0) is 28.0.